The molecule has 2 aliphatic heterocycles. The van der Waals surface area contributed by atoms with Crippen molar-refractivity contribution >= 4 is 18.0 Å². The van der Waals surface area contributed by atoms with Gasteiger partial charge >= 0.3 is 6.03 Å². The highest BCUT2D eigenvalue weighted by molar-refractivity contribution is 6.13. The molecule has 0 fully saturated rings. The Morgan fingerprint density at radius 2 is 2.00 bits per heavy atom. The largest absolute Gasteiger partial charge is 0.353 e. The number of halogens is 3. The number of hydrogen-bond donors (Lipinski definition) is 1. The summed E-state index contributed by atoms with van der Waals surface area (Å²) < 4.78 is 40.9. The van der Waals surface area contributed by atoms with Crippen LogP contribution in [0.15, 0.2) is 45.9 Å². The van der Waals surface area contributed by atoms with E-state index in [1.807, 2.05) is 12.2 Å². The molecule has 6 nitrogen and oxygen atoms in total. The third-order valence-electron chi connectivity index (χ3n) is 4.91. The van der Waals surface area contributed by atoms with Crippen LogP contribution in [0.1, 0.15) is 24.4 Å². The summed E-state index contributed by atoms with van der Waals surface area (Å²) in [5, 5.41) is 3.14. The lowest BCUT2D eigenvalue weighted by Crippen LogP contribution is -2.55. The van der Waals surface area contributed by atoms with Gasteiger partial charge in [0.1, 0.15) is 0 Å². The Hall–Kier alpha value is -3.10. The van der Waals surface area contributed by atoms with Crippen LogP contribution in [0.3, 0.4) is 0 Å². The summed E-state index contributed by atoms with van der Waals surface area (Å²) >= 11 is 0. The van der Waals surface area contributed by atoms with Gasteiger partial charge in [-0.2, -0.15) is 4.99 Å². The maximum absolute atomic E-state index is 13.7. The minimum Gasteiger partial charge on any atom is -0.352 e. The molecule has 1 N–H and O–H groups in total. The van der Waals surface area contributed by atoms with Crippen molar-refractivity contribution in [2.45, 2.75) is 18.9 Å². The third kappa shape index (κ3) is 3.17. The molecule has 1 atom stereocenters. The fourth-order valence-corrected chi connectivity index (χ4v) is 3.42. The van der Waals surface area contributed by atoms with E-state index >= 15 is 0 Å². The Kier molecular flexibility index (Phi) is 4.66. The average Bonchev–Trinajstić information content (AvgIpc) is 3.14. The number of benzene rings is 1. The molecule has 1 aromatic rings. The number of fused-ring (bicyclic) bond motifs is 1. The summed E-state index contributed by atoms with van der Waals surface area (Å²) in [6, 6.07) is 0.794. The van der Waals surface area contributed by atoms with Crippen molar-refractivity contribution in [1.82, 2.24) is 15.1 Å². The van der Waals surface area contributed by atoms with Gasteiger partial charge in [0.25, 0.3) is 0 Å². The monoisotopic (exact) mass is 389 g/mol. The van der Waals surface area contributed by atoms with Gasteiger partial charge in [0.05, 0.1) is 12.6 Å². The van der Waals surface area contributed by atoms with Crippen molar-refractivity contribution < 1.29 is 18.0 Å². The van der Waals surface area contributed by atoms with Crippen LogP contribution in [0.25, 0.3) is 0 Å². The highest BCUT2D eigenvalue weighted by Gasteiger charge is 2.40. The lowest BCUT2D eigenvalue weighted by Gasteiger charge is -2.35. The van der Waals surface area contributed by atoms with Gasteiger partial charge < -0.3 is 5.32 Å². The lowest BCUT2D eigenvalue weighted by molar-refractivity contribution is 0.229. The average molecular weight is 389 g/mol. The second kappa shape index (κ2) is 7.14. The number of carbonyl (C=O) groups is 1. The van der Waals surface area contributed by atoms with Crippen molar-refractivity contribution in [3.63, 3.8) is 0 Å². The summed E-state index contributed by atoms with van der Waals surface area (Å²) in [5.74, 6) is -3.47. The zero-order chi connectivity index (χ0) is 19.8. The molecule has 1 aromatic carbocycles. The van der Waals surface area contributed by atoms with E-state index in [9.17, 15) is 18.0 Å². The predicted octanol–water partition coefficient (Wildman–Crippen LogP) is 3.10. The van der Waals surface area contributed by atoms with Crippen molar-refractivity contribution in [3.8, 4) is 0 Å². The Morgan fingerprint density at radius 1 is 1.25 bits per heavy atom. The van der Waals surface area contributed by atoms with Gasteiger partial charge in [-0.05, 0) is 30.5 Å². The summed E-state index contributed by atoms with van der Waals surface area (Å²) in [6.45, 7) is 0.631. The first-order valence-electron chi connectivity index (χ1n) is 8.88. The minimum absolute atomic E-state index is 0.156. The zero-order valence-corrected chi connectivity index (χ0v) is 15.1. The number of rotatable bonds is 3. The first kappa shape index (κ1) is 18.3. The van der Waals surface area contributed by atoms with Crippen LogP contribution in [0.4, 0.5) is 18.0 Å². The molecule has 2 amide bonds. The SMILES string of the molecule is CN1C(=O)N=C(NCC2=CC=CCC2)N2C1=NCC2c1cc(F)c(F)c(F)c1. The second-order valence-corrected chi connectivity index (χ2v) is 6.75. The highest BCUT2D eigenvalue weighted by atomic mass is 19.2. The van der Waals surface area contributed by atoms with E-state index in [2.05, 4.69) is 21.4 Å². The van der Waals surface area contributed by atoms with E-state index in [1.54, 1.807) is 4.90 Å². The number of nitrogens with zero attached hydrogens (tertiary/aromatic N) is 4. The van der Waals surface area contributed by atoms with Gasteiger partial charge in [0, 0.05) is 13.6 Å². The van der Waals surface area contributed by atoms with Gasteiger partial charge in [-0.25, -0.2) is 23.0 Å². The first-order chi connectivity index (χ1) is 13.5. The van der Waals surface area contributed by atoms with Crippen LogP contribution in [0.2, 0.25) is 0 Å². The predicted molar refractivity (Wildman–Crippen MR) is 98.3 cm³/mol. The molecule has 28 heavy (non-hydrogen) atoms. The summed E-state index contributed by atoms with van der Waals surface area (Å²) in [6.07, 6.45) is 7.87. The molecular weight excluding hydrogens is 371 g/mol. The molecule has 0 saturated carbocycles. The van der Waals surface area contributed by atoms with Crippen molar-refractivity contribution in [2.75, 3.05) is 20.1 Å². The molecule has 0 saturated heterocycles. The van der Waals surface area contributed by atoms with E-state index in [-0.39, 0.29) is 18.1 Å². The van der Waals surface area contributed by atoms with Crippen LogP contribution >= 0.6 is 0 Å². The van der Waals surface area contributed by atoms with Gasteiger partial charge in [-0.3, -0.25) is 9.80 Å². The molecule has 2 heterocycles. The molecule has 0 radical (unpaired) electrons. The van der Waals surface area contributed by atoms with Crippen LogP contribution < -0.4 is 5.32 Å². The van der Waals surface area contributed by atoms with Crippen molar-refractivity contribution in [3.05, 3.63) is 58.9 Å². The molecule has 0 spiro atoms. The normalized spacial score (nSPS) is 21.4. The number of carbonyl (C=O) groups excluding carboxylic acids is 1. The molecule has 4 rings (SSSR count). The Labute approximate surface area is 159 Å². The maximum Gasteiger partial charge on any atom is 0.353 e. The van der Waals surface area contributed by atoms with Gasteiger partial charge in [-0.15, -0.1) is 0 Å². The lowest BCUT2D eigenvalue weighted by atomic mass is 10.0. The Balaban J connectivity index is 1.64. The topological polar surface area (TPSA) is 60.3 Å². The first-order valence-corrected chi connectivity index (χ1v) is 8.88. The third-order valence-corrected chi connectivity index (χ3v) is 4.91. The van der Waals surface area contributed by atoms with Crippen LogP contribution in [0, 0.1) is 17.5 Å². The summed E-state index contributed by atoms with van der Waals surface area (Å²) in [4.78, 5) is 23.5. The fraction of sp³-hybridized carbons (Fsp3) is 0.316. The van der Waals surface area contributed by atoms with Crippen LogP contribution in [-0.2, 0) is 0 Å². The van der Waals surface area contributed by atoms with E-state index < -0.39 is 29.5 Å². The van der Waals surface area contributed by atoms with Gasteiger partial charge in [-0.1, -0.05) is 23.8 Å². The number of urea groups is 1. The molecule has 0 bridgehead atoms. The number of nitrogens with one attached hydrogen (secondary N) is 1. The van der Waals surface area contributed by atoms with Crippen molar-refractivity contribution in [2.24, 2.45) is 9.98 Å². The van der Waals surface area contributed by atoms with Crippen LogP contribution in [-0.4, -0.2) is 47.9 Å². The molecule has 0 aromatic heterocycles. The Bertz CT molecular complexity index is 930. The minimum atomic E-state index is -1.52. The number of guanidine groups is 2. The summed E-state index contributed by atoms with van der Waals surface area (Å²) in [5.41, 5.74) is 1.36. The van der Waals surface area contributed by atoms with E-state index in [4.69, 9.17) is 0 Å². The maximum atomic E-state index is 13.7. The van der Waals surface area contributed by atoms with Gasteiger partial charge in [0.15, 0.2) is 17.5 Å². The standard InChI is InChI=1S/C19H18F3N5O/c1-26-18-24-10-15(12-7-13(20)16(22)14(21)8-12)27(18)17(25-19(26)28)23-9-11-5-3-2-4-6-11/h2-3,5,7-8,15H,4,6,9-10H2,1H3,(H,23,25,28). The number of aliphatic imine (C=N–C) groups is 2. The van der Waals surface area contributed by atoms with Crippen molar-refractivity contribution in [1.29, 1.82) is 0 Å². The van der Waals surface area contributed by atoms with Crippen LogP contribution in [0.5, 0.6) is 0 Å². The molecule has 1 aliphatic carbocycles. The Morgan fingerprint density at radius 3 is 2.68 bits per heavy atom. The van der Waals surface area contributed by atoms with Gasteiger partial charge in [0.2, 0.25) is 11.9 Å². The van der Waals surface area contributed by atoms with E-state index in [0.717, 1.165) is 30.5 Å². The quantitative estimate of drug-likeness (QED) is 0.809. The number of hydrogen-bond acceptors (Lipinski definition) is 4. The number of allylic oxidation sites excluding steroid dienone is 3. The number of amides is 2. The fourth-order valence-electron chi connectivity index (χ4n) is 3.42. The molecule has 9 heteroatoms. The molecule has 146 valence electrons. The second-order valence-electron chi connectivity index (χ2n) is 6.75. The van der Waals surface area contributed by atoms with E-state index in [0.29, 0.717) is 12.5 Å². The smallest absolute Gasteiger partial charge is 0.352 e. The highest BCUT2D eigenvalue weighted by Crippen LogP contribution is 2.31. The molecule has 1 unspecified atom stereocenters. The summed E-state index contributed by atoms with van der Waals surface area (Å²) in [7, 11) is 1.52. The molecule has 3 aliphatic rings. The zero-order valence-electron chi connectivity index (χ0n) is 15.1. The van der Waals surface area contributed by atoms with E-state index in [1.165, 1.54) is 11.9 Å². The molecular formula is C19H18F3N5O.